The average molecular weight is 239 g/mol. The normalized spacial score (nSPS) is 17.8. The first kappa shape index (κ1) is 11.2. The number of benzene rings is 1. The molecule has 1 fully saturated rings. The number of nitrogens with two attached hydrogens (primary N) is 1. The van der Waals surface area contributed by atoms with Crippen LogP contribution in [0.25, 0.3) is 0 Å². The molecule has 1 aliphatic rings. The molecule has 0 amide bonds. The lowest BCUT2D eigenvalue weighted by Gasteiger charge is -2.28. The molecule has 3 rings (SSSR count). The molecule has 3 heteroatoms. The maximum absolute atomic E-state index is 5.81. The first-order valence-corrected chi connectivity index (χ1v) is 6.46. The van der Waals surface area contributed by atoms with Crippen molar-refractivity contribution in [2.45, 2.75) is 31.1 Å². The third kappa shape index (κ3) is 1.76. The van der Waals surface area contributed by atoms with E-state index in [9.17, 15) is 0 Å². The van der Waals surface area contributed by atoms with Gasteiger partial charge >= 0.3 is 0 Å². The molecular formula is C15H17N3. The minimum Gasteiger partial charge on any atom is -0.384 e. The lowest BCUT2D eigenvalue weighted by Crippen LogP contribution is -2.26. The lowest BCUT2D eigenvalue weighted by molar-refractivity contribution is 0.500. The molecule has 92 valence electrons. The fourth-order valence-corrected chi connectivity index (χ4v) is 2.98. The van der Waals surface area contributed by atoms with Gasteiger partial charge in [0.25, 0.3) is 0 Å². The quantitative estimate of drug-likeness (QED) is 0.876. The van der Waals surface area contributed by atoms with Gasteiger partial charge in [0.15, 0.2) is 0 Å². The van der Waals surface area contributed by atoms with E-state index >= 15 is 0 Å². The topological polar surface area (TPSA) is 51.8 Å². The average Bonchev–Trinajstić information content (AvgIpc) is 2.90. The molecular weight excluding hydrogens is 222 g/mol. The van der Waals surface area contributed by atoms with E-state index in [2.05, 4.69) is 34.2 Å². The molecule has 0 bridgehead atoms. The first-order chi connectivity index (χ1) is 8.81. The molecule has 18 heavy (non-hydrogen) atoms. The van der Waals surface area contributed by atoms with Gasteiger partial charge in [-0.1, -0.05) is 43.2 Å². The Balaban J connectivity index is 2.13. The number of nitrogens with zero attached hydrogens (tertiary/aromatic N) is 2. The first-order valence-electron chi connectivity index (χ1n) is 6.46. The molecule has 1 aromatic carbocycles. The van der Waals surface area contributed by atoms with Gasteiger partial charge in [0, 0.05) is 6.20 Å². The number of anilines is 1. The van der Waals surface area contributed by atoms with Gasteiger partial charge in [-0.3, -0.25) is 0 Å². The van der Waals surface area contributed by atoms with Crippen LogP contribution in [-0.2, 0) is 5.41 Å². The van der Waals surface area contributed by atoms with Gasteiger partial charge in [-0.15, -0.1) is 0 Å². The second kappa shape index (κ2) is 4.41. The van der Waals surface area contributed by atoms with Crippen molar-refractivity contribution in [3.8, 4) is 0 Å². The van der Waals surface area contributed by atoms with Crippen LogP contribution in [0.15, 0.2) is 42.6 Å². The summed E-state index contributed by atoms with van der Waals surface area (Å²) >= 11 is 0. The number of nitrogen functional groups attached to an aromatic ring is 1. The third-order valence-electron chi connectivity index (χ3n) is 3.89. The van der Waals surface area contributed by atoms with Crippen LogP contribution in [0.5, 0.6) is 0 Å². The summed E-state index contributed by atoms with van der Waals surface area (Å²) in [5.74, 6) is 1.44. The smallest absolute Gasteiger partial charge is 0.141 e. The summed E-state index contributed by atoms with van der Waals surface area (Å²) in [5, 5.41) is 0. The van der Waals surface area contributed by atoms with Crippen molar-refractivity contribution in [3.63, 3.8) is 0 Å². The van der Waals surface area contributed by atoms with Gasteiger partial charge in [0.1, 0.15) is 11.6 Å². The molecule has 1 heterocycles. The predicted octanol–water partition coefficient (Wildman–Crippen LogP) is 2.92. The summed E-state index contributed by atoms with van der Waals surface area (Å²) < 4.78 is 0. The molecule has 3 nitrogen and oxygen atoms in total. The van der Waals surface area contributed by atoms with Crippen LogP contribution in [0.3, 0.4) is 0 Å². The van der Waals surface area contributed by atoms with Crippen molar-refractivity contribution >= 4 is 5.82 Å². The van der Waals surface area contributed by atoms with E-state index in [4.69, 9.17) is 5.73 Å². The Hall–Kier alpha value is -1.90. The van der Waals surface area contributed by atoms with Gasteiger partial charge < -0.3 is 5.73 Å². The van der Waals surface area contributed by atoms with Crippen LogP contribution in [0.2, 0.25) is 0 Å². The fourth-order valence-electron chi connectivity index (χ4n) is 2.98. The summed E-state index contributed by atoms with van der Waals surface area (Å²) in [6.45, 7) is 0. The molecule has 1 aromatic heterocycles. The Morgan fingerprint density at radius 3 is 2.39 bits per heavy atom. The van der Waals surface area contributed by atoms with E-state index in [-0.39, 0.29) is 5.41 Å². The van der Waals surface area contributed by atoms with Crippen LogP contribution < -0.4 is 5.73 Å². The molecule has 0 unspecified atom stereocenters. The minimum atomic E-state index is -0.0311. The summed E-state index contributed by atoms with van der Waals surface area (Å²) in [4.78, 5) is 8.95. The van der Waals surface area contributed by atoms with Crippen LogP contribution in [0.4, 0.5) is 5.82 Å². The molecule has 2 aromatic rings. The predicted molar refractivity (Wildman–Crippen MR) is 72.1 cm³/mol. The molecule has 1 saturated carbocycles. The van der Waals surface area contributed by atoms with Crippen LogP contribution in [-0.4, -0.2) is 9.97 Å². The lowest BCUT2D eigenvalue weighted by atomic mass is 9.78. The van der Waals surface area contributed by atoms with Crippen LogP contribution >= 0.6 is 0 Å². The molecule has 0 spiro atoms. The Labute approximate surface area is 107 Å². The Kier molecular flexibility index (Phi) is 2.74. The van der Waals surface area contributed by atoms with Gasteiger partial charge in [-0.25, -0.2) is 9.97 Å². The van der Waals surface area contributed by atoms with Gasteiger partial charge in [-0.2, -0.15) is 0 Å². The second-order valence-corrected chi connectivity index (χ2v) is 4.96. The molecule has 0 aliphatic heterocycles. The van der Waals surface area contributed by atoms with Crippen molar-refractivity contribution in [2.75, 3.05) is 5.73 Å². The Bertz CT molecular complexity index is 530. The van der Waals surface area contributed by atoms with Gasteiger partial charge in [0.05, 0.1) is 5.41 Å². The summed E-state index contributed by atoms with van der Waals surface area (Å²) in [7, 11) is 0. The number of hydrogen-bond donors (Lipinski definition) is 1. The fraction of sp³-hybridized carbons (Fsp3) is 0.333. The van der Waals surface area contributed by atoms with E-state index < -0.39 is 0 Å². The maximum Gasteiger partial charge on any atom is 0.141 e. The van der Waals surface area contributed by atoms with Crippen molar-refractivity contribution in [3.05, 3.63) is 54.0 Å². The van der Waals surface area contributed by atoms with Crippen LogP contribution in [0.1, 0.15) is 37.1 Å². The van der Waals surface area contributed by atoms with Gasteiger partial charge in [0.2, 0.25) is 0 Å². The van der Waals surface area contributed by atoms with Crippen molar-refractivity contribution < 1.29 is 0 Å². The summed E-state index contributed by atoms with van der Waals surface area (Å²) in [6, 6.07) is 12.3. The third-order valence-corrected chi connectivity index (χ3v) is 3.89. The second-order valence-electron chi connectivity index (χ2n) is 4.96. The summed E-state index contributed by atoms with van der Waals surface area (Å²) in [6.07, 6.45) is 6.45. The highest BCUT2D eigenvalue weighted by atomic mass is 15.0. The highest BCUT2D eigenvalue weighted by Crippen LogP contribution is 2.44. The minimum absolute atomic E-state index is 0.0311. The van der Waals surface area contributed by atoms with E-state index in [1.54, 1.807) is 12.3 Å². The molecule has 1 aliphatic carbocycles. The van der Waals surface area contributed by atoms with Crippen molar-refractivity contribution in [1.29, 1.82) is 0 Å². The zero-order valence-electron chi connectivity index (χ0n) is 10.3. The number of rotatable bonds is 2. The molecule has 2 N–H and O–H groups in total. The standard InChI is InChI=1S/C15H17N3/c16-13-8-11-17-14(18-13)15(9-4-5-10-15)12-6-2-1-3-7-12/h1-3,6-8,11H,4-5,9-10H2,(H2,16,17,18). The van der Waals surface area contributed by atoms with Gasteiger partial charge in [-0.05, 0) is 24.5 Å². The highest BCUT2D eigenvalue weighted by Gasteiger charge is 2.39. The number of hydrogen-bond acceptors (Lipinski definition) is 3. The molecule has 0 saturated heterocycles. The monoisotopic (exact) mass is 239 g/mol. The largest absolute Gasteiger partial charge is 0.384 e. The Morgan fingerprint density at radius 2 is 1.72 bits per heavy atom. The van der Waals surface area contributed by atoms with E-state index in [0.29, 0.717) is 5.82 Å². The highest BCUT2D eigenvalue weighted by molar-refractivity contribution is 5.37. The van der Waals surface area contributed by atoms with Crippen molar-refractivity contribution in [1.82, 2.24) is 9.97 Å². The summed E-state index contributed by atoms with van der Waals surface area (Å²) in [5.41, 5.74) is 7.09. The van der Waals surface area contributed by atoms with E-state index in [1.165, 1.54) is 18.4 Å². The van der Waals surface area contributed by atoms with Crippen LogP contribution in [0, 0.1) is 0 Å². The molecule has 0 radical (unpaired) electrons. The maximum atomic E-state index is 5.81. The zero-order chi connectivity index (χ0) is 12.4. The Morgan fingerprint density at radius 1 is 1.00 bits per heavy atom. The van der Waals surface area contributed by atoms with E-state index in [1.807, 2.05) is 6.07 Å². The van der Waals surface area contributed by atoms with Crippen molar-refractivity contribution in [2.24, 2.45) is 0 Å². The van der Waals surface area contributed by atoms with E-state index in [0.717, 1.165) is 18.7 Å². The SMILES string of the molecule is Nc1ccnc(C2(c3ccccc3)CCCC2)n1. The number of aromatic nitrogens is 2. The molecule has 0 atom stereocenters. The zero-order valence-corrected chi connectivity index (χ0v) is 10.3.